The fraction of sp³-hybridized carbons (Fsp3) is 0.114. The van der Waals surface area contributed by atoms with Crippen LogP contribution in [-0.2, 0) is 23.0 Å². The number of hydrogen-bond donors (Lipinski definition) is 4. The molecule has 0 aliphatic heterocycles. The summed E-state index contributed by atoms with van der Waals surface area (Å²) in [6.45, 7) is 1.70. The first-order chi connectivity index (χ1) is 21.6. The zero-order chi connectivity index (χ0) is 33.2. The van der Waals surface area contributed by atoms with Crippen LogP contribution in [0.2, 0.25) is 0 Å². The molecular formula is C35H35NaO12. The molecule has 4 aromatic carbocycles. The Labute approximate surface area is 299 Å². The van der Waals surface area contributed by atoms with E-state index >= 15 is 0 Å². The Balaban J connectivity index is 0. The zero-order valence-corrected chi connectivity index (χ0v) is 27.5. The molecule has 0 heterocycles. The number of carbonyl (C=O) groups is 5. The van der Waals surface area contributed by atoms with Crippen molar-refractivity contribution in [3.05, 3.63) is 148 Å². The van der Waals surface area contributed by atoms with Crippen LogP contribution in [0.4, 0.5) is 0 Å². The van der Waals surface area contributed by atoms with Gasteiger partial charge in [0.25, 0.3) is 0 Å². The largest absolute Gasteiger partial charge is 1.00 e. The van der Waals surface area contributed by atoms with Gasteiger partial charge in [0.2, 0.25) is 0 Å². The Morgan fingerprint density at radius 2 is 0.958 bits per heavy atom. The minimum absolute atomic E-state index is 0. The molecule has 4 aromatic rings. The molecule has 0 saturated heterocycles. The quantitative estimate of drug-likeness (QED) is 0.0448. The van der Waals surface area contributed by atoms with Crippen LogP contribution in [0.25, 0.3) is 6.08 Å². The summed E-state index contributed by atoms with van der Waals surface area (Å²) in [5, 5.41) is 33.8. The molecule has 0 atom stereocenters. The molecule has 13 heteroatoms. The van der Waals surface area contributed by atoms with E-state index in [-0.39, 0.29) is 78.4 Å². The molecule has 0 bridgehead atoms. The van der Waals surface area contributed by atoms with Gasteiger partial charge in [0, 0.05) is 16.7 Å². The van der Waals surface area contributed by atoms with Gasteiger partial charge in [-0.05, 0) is 54.0 Å². The number of ketones is 2. The number of carboxylic acid groups (broad SMARTS) is 2. The molecule has 248 valence electrons. The molecule has 0 saturated carbocycles. The average molecular weight is 671 g/mol. The van der Waals surface area contributed by atoms with Crippen LogP contribution in [0.15, 0.2) is 103 Å². The first-order valence-electron chi connectivity index (χ1n) is 13.1. The molecule has 4 rings (SSSR count). The number of hydrogen-bond acceptors (Lipinski definition) is 10. The van der Waals surface area contributed by atoms with Crippen molar-refractivity contribution in [3.8, 4) is 0 Å². The van der Waals surface area contributed by atoms with Gasteiger partial charge in [-0.1, -0.05) is 86.3 Å². The Kier molecular flexibility index (Phi) is 23.2. The fourth-order valence-electron chi connectivity index (χ4n) is 3.46. The Morgan fingerprint density at radius 1 is 0.604 bits per heavy atom. The van der Waals surface area contributed by atoms with Crippen molar-refractivity contribution in [1.82, 2.24) is 0 Å². The van der Waals surface area contributed by atoms with E-state index in [0.29, 0.717) is 16.7 Å². The van der Waals surface area contributed by atoms with Crippen LogP contribution < -0.4 is 29.6 Å². The summed E-state index contributed by atoms with van der Waals surface area (Å²) in [6.07, 6.45) is 3.86. The van der Waals surface area contributed by atoms with E-state index in [1.807, 2.05) is 0 Å². The van der Waals surface area contributed by atoms with Crippen molar-refractivity contribution in [1.29, 1.82) is 0 Å². The van der Waals surface area contributed by atoms with Crippen LogP contribution in [0, 0.1) is 0 Å². The van der Waals surface area contributed by atoms with Crippen LogP contribution in [0.3, 0.4) is 0 Å². The number of allylic oxidation sites excluding steroid dienone is 1. The topological polar surface area (TPSA) is 215 Å². The van der Waals surface area contributed by atoms with Crippen molar-refractivity contribution in [3.63, 3.8) is 0 Å². The summed E-state index contributed by atoms with van der Waals surface area (Å²) in [6, 6.07) is 25.5. The molecule has 0 unspecified atom stereocenters. The summed E-state index contributed by atoms with van der Waals surface area (Å²) in [4.78, 5) is 62.0. The van der Waals surface area contributed by atoms with Crippen molar-refractivity contribution in [2.24, 2.45) is 0 Å². The average Bonchev–Trinajstić information content (AvgIpc) is 3.05. The fourth-order valence-corrected chi connectivity index (χ4v) is 3.46. The van der Waals surface area contributed by atoms with Gasteiger partial charge in [-0.15, -0.1) is 0 Å². The minimum atomic E-state index is -1.03. The van der Waals surface area contributed by atoms with E-state index in [9.17, 15) is 24.0 Å². The molecule has 0 aromatic heterocycles. The molecule has 0 aliphatic carbocycles. The molecule has 12 nitrogen and oxygen atoms in total. The summed E-state index contributed by atoms with van der Waals surface area (Å²) in [7, 11) is 0. The second-order valence-corrected chi connectivity index (χ2v) is 9.17. The Morgan fingerprint density at radius 3 is 1.29 bits per heavy atom. The van der Waals surface area contributed by atoms with E-state index in [1.54, 1.807) is 54.6 Å². The van der Waals surface area contributed by atoms with Crippen molar-refractivity contribution in [2.75, 3.05) is 0 Å². The van der Waals surface area contributed by atoms with Crippen molar-refractivity contribution in [2.45, 2.75) is 27.6 Å². The SMILES string of the molecule is C.CC(=O)c1ccc(C(=O)O)cc1.O=C(O)c1ccc(C(=O)/C=C/c2ccc(COO)cc2)cc1.O=Cc1ccc(COO)cc1.[Na+].[OH-]. The van der Waals surface area contributed by atoms with Gasteiger partial charge in [-0.25, -0.2) is 19.4 Å². The normalized spacial score (nSPS) is 9.48. The second-order valence-electron chi connectivity index (χ2n) is 9.17. The molecule has 48 heavy (non-hydrogen) atoms. The van der Waals surface area contributed by atoms with E-state index in [4.69, 9.17) is 20.7 Å². The number of Topliss-reactive ketones (excluding diaryl/α,β-unsaturated/α-hetero) is 1. The molecular weight excluding hydrogens is 635 g/mol. The first-order valence-corrected chi connectivity index (χ1v) is 13.1. The van der Waals surface area contributed by atoms with E-state index in [2.05, 4.69) is 9.78 Å². The number of benzene rings is 4. The monoisotopic (exact) mass is 670 g/mol. The van der Waals surface area contributed by atoms with Gasteiger partial charge < -0.3 is 15.7 Å². The van der Waals surface area contributed by atoms with Gasteiger partial charge in [-0.3, -0.25) is 24.9 Å². The van der Waals surface area contributed by atoms with Crippen LogP contribution in [0.1, 0.15) is 82.8 Å². The van der Waals surface area contributed by atoms with Gasteiger partial charge >= 0.3 is 41.5 Å². The molecule has 0 aliphatic rings. The number of rotatable bonds is 11. The number of carbonyl (C=O) groups excluding carboxylic acids is 3. The van der Waals surface area contributed by atoms with Gasteiger partial charge in [0.15, 0.2) is 11.6 Å². The van der Waals surface area contributed by atoms with Gasteiger partial charge in [-0.2, -0.15) is 0 Å². The number of aldehydes is 1. The van der Waals surface area contributed by atoms with Gasteiger partial charge in [0.1, 0.15) is 19.5 Å². The molecule has 0 fully saturated rings. The third-order valence-electron chi connectivity index (χ3n) is 5.94. The number of carboxylic acids is 2. The Bertz CT molecular complexity index is 1560. The maximum atomic E-state index is 12.0. The second kappa shape index (κ2) is 24.5. The molecule has 0 spiro atoms. The van der Waals surface area contributed by atoms with Crippen LogP contribution >= 0.6 is 0 Å². The summed E-state index contributed by atoms with van der Waals surface area (Å²) >= 11 is 0. The maximum Gasteiger partial charge on any atom is 1.00 e. The predicted octanol–water partition coefficient (Wildman–Crippen LogP) is 3.81. The molecule has 0 amide bonds. The van der Waals surface area contributed by atoms with E-state index in [0.717, 1.165) is 23.0 Å². The van der Waals surface area contributed by atoms with E-state index < -0.39 is 11.9 Å². The van der Waals surface area contributed by atoms with Crippen LogP contribution in [0.5, 0.6) is 0 Å². The summed E-state index contributed by atoms with van der Waals surface area (Å²) in [5.74, 6) is -2.28. The smallest absolute Gasteiger partial charge is 0.870 e. The summed E-state index contributed by atoms with van der Waals surface area (Å²) < 4.78 is 0. The van der Waals surface area contributed by atoms with Crippen LogP contribution in [-0.4, -0.2) is 56.0 Å². The summed E-state index contributed by atoms with van der Waals surface area (Å²) in [5.41, 5.74) is 4.38. The zero-order valence-electron chi connectivity index (χ0n) is 25.5. The molecule has 0 radical (unpaired) electrons. The van der Waals surface area contributed by atoms with Crippen molar-refractivity contribution >= 4 is 35.9 Å². The predicted molar refractivity (Wildman–Crippen MR) is 172 cm³/mol. The van der Waals surface area contributed by atoms with E-state index in [1.165, 1.54) is 61.5 Å². The maximum absolute atomic E-state index is 12.0. The third-order valence-corrected chi connectivity index (χ3v) is 5.94. The third kappa shape index (κ3) is 16.3. The Hall–Kier alpha value is -4.63. The molecule has 5 N–H and O–H groups in total. The van der Waals surface area contributed by atoms with Gasteiger partial charge in [0.05, 0.1) is 11.1 Å². The van der Waals surface area contributed by atoms with Crippen molar-refractivity contribution < 1.29 is 89.5 Å². The minimum Gasteiger partial charge on any atom is -0.870 e. The number of aromatic carboxylic acids is 2. The first kappa shape index (κ1) is 45.5. The standard InChI is InChI=1S/C17H14O5.C9H8O3.C8H8O3.CH4.Na.H2O/c18-16(14-6-8-15(9-7-14)17(19)20)10-5-12-1-3-13(4-2-12)11-22-21;1-6(10)7-2-4-8(5-3-7)9(11)12;9-5-7-1-3-8(4-2-7)6-11-10;;;/h1-10,21H,11H2,(H,19,20);2-5H,1H3,(H,11,12);1-5,10H,6H2;1H4;;1H2/q;;;;+1;/p-1/b10-5+;;;;;.